The predicted octanol–water partition coefficient (Wildman–Crippen LogP) is 22.9. The van der Waals surface area contributed by atoms with Crippen LogP contribution in [0.3, 0.4) is 0 Å². The molecule has 0 fully saturated rings. The maximum absolute atomic E-state index is 13.1. The Morgan fingerprint density at radius 1 is 0.337 bits per heavy atom. The number of phosphoric acid groups is 2. The second-order valence-corrected chi connectivity index (χ2v) is 31.6. The number of unbranched alkanes of at least 4 members (excludes halogenated alkanes) is 38. The summed E-state index contributed by atoms with van der Waals surface area (Å²) in [7, 11) is -9.93. The zero-order chi connectivity index (χ0) is 72.3. The van der Waals surface area contributed by atoms with E-state index in [1.807, 2.05) is 0 Å². The zero-order valence-corrected chi connectivity index (χ0v) is 65.5. The summed E-state index contributed by atoms with van der Waals surface area (Å²) in [6, 6.07) is 0. The summed E-state index contributed by atoms with van der Waals surface area (Å²) >= 11 is 0. The number of aliphatic hydroxyl groups is 1. The molecule has 0 aromatic rings. The van der Waals surface area contributed by atoms with Gasteiger partial charge in [0.05, 0.1) is 26.4 Å². The third-order valence-electron chi connectivity index (χ3n) is 18.5. The Labute approximate surface area is 599 Å². The van der Waals surface area contributed by atoms with Crippen molar-refractivity contribution < 1.29 is 80.2 Å². The van der Waals surface area contributed by atoms with Crippen LogP contribution in [0.25, 0.3) is 0 Å². The highest BCUT2D eigenvalue weighted by Gasteiger charge is 2.30. The number of aliphatic hydroxyl groups excluding tert-OH is 1. The molecule has 0 aliphatic rings. The van der Waals surface area contributed by atoms with Gasteiger partial charge in [-0.3, -0.25) is 37.3 Å². The fourth-order valence-corrected chi connectivity index (χ4v) is 13.1. The minimum atomic E-state index is -4.97. The monoisotopic (exact) mass is 1430 g/mol. The van der Waals surface area contributed by atoms with Crippen molar-refractivity contribution in [2.75, 3.05) is 39.6 Å². The van der Waals surface area contributed by atoms with E-state index in [1.54, 1.807) is 0 Å². The van der Waals surface area contributed by atoms with Crippen LogP contribution in [-0.4, -0.2) is 96.7 Å². The maximum Gasteiger partial charge on any atom is 0.472 e. The van der Waals surface area contributed by atoms with E-state index in [0.717, 1.165) is 127 Å². The lowest BCUT2D eigenvalue weighted by Crippen LogP contribution is -2.30. The molecule has 578 valence electrons. The van der Waals surface area contributed by atoms with Gasteiger partial charge in [0.25, 0.3) is 0 Å². The van der Waals surface area contributed by atoms with Crippen LogP contribution >= 0.6 is 15.6 Å². The van der Waals surface area contributed by atoms with Crippen LogP contribution in [0.4, 0.5) is 0 Å². The Kier molecular flexibility index (Phi) is 67.2. The van der Waals surface area contributed by atoms with E-state index in [9.17, 15) is 43.2 Å². The lowest BCUT2D eigenvalue weighted by Gasteiger charge is -2.21. The van der Waals surface area contributed by atoms with Crippen LogP contribution in [0, 0.1) is 17.8 Å². The van der Waals surface area contributed by atoms with E-state index in [2.05, 4.69) is 72.8 Å². The summed E-state index contributed by atoms with van der Waals surface area (Å²) in [5, 5.41) is 10.6. The molecule has 0 saturated carbocycles. The number of hydrogen-bond donors (Lipinski definition) is 3. The van der Waals surface area contributed by atoms with Crippen LogP contribution < -0.4 is 0 Å². The van der Waals surface area contributed by atoms with Gasteiger partial charge in [0, 0.05) is 25.7 Å². The minimum absolute atomic E-state index is 0.0851. The van der Waals surface area contributed by atoms with E-state index in [4.69, 9.17) is 37.0 Å². The standard InChI is InChI=1S/C79H150O17P2/c1-8-11-12-13-14-15-16-17-22-27-30-33-39-48-55-62-78(83)95-74(66-89-76(81)60-53-46-38-32-29-26-24-21-19-18-20-23-25-28-31-36-43-50-57-70(4)5)68-93-97(85,86)91-64-73(80)65-92-98(87,88)94-69-75(67-90-77(82)61-54-47-42-41-45-52-59-72(7)10-3)96-79(84)63-56-49-40-35-34-37-44-51-58-71(6)9-2/h15-17,22,70-75,80H,8-14,18-21,23-69H2,1-7H3,(H,85,86)(H,87,88)/b16-15-,22-17-/t71?,72?,73-,74-,75-/m1/s1. The zero-order valence-electron chi connectivity index (χ0n) is 63.7. The maximum atomic E-state index is 13.1. The quantitative estimate of drug-likeness (QED) is 0.0169. The van der Waals surface area contributed by atoms with E-state index in [-0.39, 0.29) is 25.7 Å². The fourth-order valence-electron chi connectivity index (χ4n) is 11.5. The number of phosphoric ester groups is 2. The number of esters is 4. The summed E-state index contributed by atoms with van der Waals surface area (Å²) in [6.45, 7) is 11.8. The van der Waals surface area contributed by atoms with Gasteiger partial charge < -0.3 is 33.8 Å². The molecule has 0 bridgehead atoms. The van der Waals surface area contributed by atoms with Crippen molar-refractivity contribution in [2.24, 2.45) is 17.8 Å². The van der Waals surface area contributed by atoms with Gasteiger partial charge in [-0.25, -0.2) is 9.13 Å². The van der Waals surface area contributed by atoms with Gasteiger partial charge in [0.1, 0.15) is 19.3 Å². The Hall–Kier alpha value is -2.46. The molecular formula is C79H150O17P2. The van der Waals surface area contributed by atoms with Crippen LogP contribution in [0.2, 0.25) is 0 Å². The van der Waals surface area contributed by atoms with Gasteiger partial charge in [-0.15, -0.1) is 0 Å². The molecule has 17 nitrogen and oxygen atoms in total. The number of carbonyl (C=O) groups is 4. The number of ether oxygens (including phenoxy) is 4. The smallest absolute Gasteiger partial charge is 0.462 e. The molecule has 0 radical (unpaired) electrons. The first-order chi connectivity index (χ1) is 47.3. The second-order valence-electron chi connectivity index (χ2n) is 28.7. The largest absolute Gasteiger partial charge is 0.472 e. The van der Waals surface area contributed by atoms with E-state index < -0.39 is 97.5 Å². The van der Waals surface area contributed by atoms with Crippen LogP contribution in [-0.2, 0) is 65.4 Å². The van der Waals surface area contributed by atoms with Crippen molar-refractivity contribution in [2.45, 2.75) is 401 Å². The van der Waals surface area contributed by atoms with Crippen molar-refractivity contribution in [3.63, 3.8) is 0 Å². The number of allylic oxidation sites excluding steroid dienone is 4. The summed E-state index contributed by atoms with van der Waals surface area (Å²) in [4.78, 5) is 72.9. The minimum Gasteiger partial charge on any atom is -0.462 e. The Morgan fingerprint density at radius 3 is 0.908 bits per heavy atom. The van der Waals surface area contributed by atoms with Gasteiger partial charge in [-0.2, -0.15) is 0 Å². The van der Waals surface area contributed by atoms with E-state index >= 15 is 0 Å². The van der Waals surface area contributed by atoms with Crippen molar-refractivity contribution in [3.05, 3.63) is 24.3 Å². The van der Waals surface area contributed by atoms with Crippen LogP contribution in [0.5, 0.6) is 0 Å². The normalized spacial score (nSPS) is 14.7. The van der Waals surface area contributed by atoms with Gasteiger partial charge in [-0.1, -0.05) is 330 Å². The first-order valence-corrected chi connectivity index (χ1v) is 43.2. The molecule has 0 amide bonds. The molecule has 0 aliphatic heterocycles. The lowest BCUT2D eigenvalue weighted by atomic mass is 9.99. The van der Waals surface area contributed by atoms with E-state index in [0.29, 0.717) is 25.7 Å². The third kappa shape index (κ3) is 69.3. The van der Waals surface area contributed by atoms with Crippen molar-refractivity contribution in [1.82, 2.24) is 0 Å². The second kappa shape index (κ2) is 68.9. The predicted molar refractivity (Wildman–Crippen MR) is 400 cm³/mol. The first kappa shape index (κ1) is 95.5. The Morgan fingerprint density at radius 2 is 0.602 bits per heavy atom. The molecular weight excluding hydrogens is 1280 g/mol. The lowest BCUT2D eigenvalue weighted by molar-refractivity contribution is -0.161. The molecule has 7 atom stereocenters. The van der Waals surface area contributed by atoms with Crippen molar-refractivity contribution in [1.29, 1.82) is 0 Å². The van der Waals surface area contributed by atoms with Gasteiger partial charge in [-0.05, 0) is 69.1 Å². The van der Waals surface area contributed by atoms with Gasteiger partial charge in [0.15, 0.2) is 12.2 Å². The van der Waals surface area contributed by atoms with Gasteiger partial charge in [0.2, 0.25) is 0 Å². The Bertz CT molecular complexity index is 2000. The molecule has 3 N–H and O–H groups in total. The number of rotatable bonds is 75. The number of carbonyl (C=O) groups excluding carboxylic acids is 4. The highest BCUT2D eigenvalue weighted by Crippen LogP contribution is 2.45. The molecule has 0 aromatic carbocycles. The highest BCUT2D eigenvalue weighted by molar-refractivity contribution is 7.47. The first-order valence-electron chi connectivity index (χ1n) is 40.2. The summed E-state index contributed by atoms with van der Waals surface area (Å²) in [5.74, 6) is 0.170. The fraction of sp³-hybridized carbons (Fsp3) is 0.899. The summed E-state index contributed by atoms with van der Waals surface area (Å²) in [6.07, 6.45) is 59.2. The molecule has 0 spiro atoms. The average molecular weight is 1430 g/mol. The molecule has 19 heteroatoms. The highest BCUT2D eigenvalue weighted by atomic mass is 31.2. The molecule has 0 saturated heterocycles. The Balaban J connectivity index is 5.24. The molecule has 0 aromatic heterocycles. The van der Waals surface area contributed by atoms with Crippen LogP contribution in [0.1, 0.15) is 382 Å². The summed E-state index contributed by atoms with van der Waals surface area (Å²) in [5.41, 5.74) is 0. The van der Waals surface area contributed by atoms with E-state index in [1.165, 1.54) is 173 Å². The van der Waals surface area contributed by atoms with Crippen molar-refractivity contribution >= 4 is 39.5 Å². The molecule has 98 heavy (non-hydrogen) atoms. The van der Waals surface area contributed by atoms with Crippen molar-refractivity contribution in [3.8, 4) is 0 Å². The molecule has 0 aliphatic carbocycles. The third-order valence-corrected chi connectivity index (χ3v) is 20.4. The molecule has 0 heterocycles. The molecule has 4 unspecified atom stereocenters. The topological polar surface area (TPSA) is 237 Å². The SMILES string of the molecule is CCCCCC/C=C\C=C/CCCCCCCC(=O)O[C@H](COC(=O)CCCCCCCCCCCCCCCCCCCCC(C)C)COP(=O)(O)OC[C@@H](O)COP(=O)(O)OC[C@@H](COC(=O)CCCCCCCCC(C)CC)OC(=O)CCCCCCCCCCC(C)CC. The summed E-state index contributed by atoms with van der Waals surface area (Å²) < 4.78 is 68.5. The molecule has 0 rings (SSSR count). The number of hydrogen-bond acceptors (Lipinski definition) is 15. The van der Waals surface area contributed by atoms with Gasteiger partial charge >= 0.3 is 39.5 Å². The van der Waals surface area contributed by atoms with Crippen LogP contribution in [0.15, 0.2) is 24.3 Å². The average Bonchev–Trinajstić information content (AvgIpc) is 1.22.